The van der Waals surface area contributed by atoms with Crippen molar-refractivity contribution in [1.29, 1.82) is 0 Å². The Balaban J connectivity index is 3.06. The van der Waals surface area contributed by atoms with Gasteiger partial charge >= 0.3 is 6.18 Å². The van der Waals surface area contributed by atoms with Crippen molar-refractivity contribution in [2.75, 3.05) is 19.0 Å². The van der Waals surface area contributed by atoms with E-state index in [9.17, 15) is 13.2 Å². The zero-order valence-electron chi connectivity index (χ0n) is 7.26. The molecule has 13 heavy (non-hydrogen) atoms. The highest BCUT2D eigenvalue weighted by atomic mass is 19.4. The Labute approximate surface area is 74.0 Å². The number of anilines is 1. The van der Waals surface area contributed by atoms with E-state index in [0.29, 0.717) is 5.82 Å². The molecule has 0 aromatic carbocycles. The summed E-state index contributed by atoms with van der Waals surface area (Å²) in [5.41, 5.74) is -0.862. The number of alkyl halides is 3. The quantitative estimate of drug-likeness (QED) is 0.674. The highest BCUT2D eigenvalue weighted by Crippen LogP contribution is 2.28. The van der Waals surface area contributed by atoms with E-state index in [-0.39, 0.29) is 0 Å². The molecule has 0 N–H and O–H groups in total. The Morgan fingerprint density at radius 3 is 2.31 bits per heavy atom. The number of rotatable bonds is 1. The van der Waals surface area contributed by atoms with Crippen LogP contribution in [-0.4, -0.2) is 19.1 Å². The van der Waals surface area contributed by atoms with Gasteiger partial charge in [0.15, 0.2) is 0 Å². The van der Waals surface area contributed by atoms with Crippen LogP contribution in [0, 0.1) is 0 Å². The van der Waals surface area contributed by atoms with Crippen molar-refractivity contribution in [3.63, 3.8) is 0 Å². The van der Waals surface area contributed by atoms with E-state index < -0.39 is 11.9 Å². The molecular formula is C8H9F3N2. The van der Waals surface area contributed by atoms with Crippen molar-refractivity contribution >= 4 is 5.82 Å². The van der Waals surface area contributed by atoms with E-state index in [2.05, 4.69) is 4.98 Å². The third-order valence-corrected chi connectivity index (χ3v) is 1.48. The molecule has 0 aliphatic rings. The summed E-state index contributed by atoms with van der Waals surface area (Å²) in [7, 11) is 3.28. The minimum atomic E-state index is -4.37. The van der Waals surface area contributed by atoms with E-state index in [1.165, 1.54) is 17.0 Å². The first-order chi connectivity index (χ1) is 5.91. The van der Waals surface area contributed by atoms with E-state index in [0.717, 1.165) is 6.07 Å². The Hall–Kier alpha value is -1.26. The molecule has 1 aromatic heterocycles. The van der Waals surface area contributed by atoms with Crippen LogP contribution in [0.4, 0.5) is 19.0 Å². The predicted octanol–water partition coefficient (Wildman–Crippen LogP) is 2.17. The van der Waals surface area contributed by atoms with Gasteiger partial charge in [-0.3, -0.25) is 0 Å². The average Bonchev–Trinajstić information content (AvgIpc) is 2.03. The fourth-order valence-electron chi connectivity index (χ4n) is 0.830. The van der Waals surface area contributed by atoms with Crippen molar-refractivity contribution in [3.05, 3.63) is 23.9 Å². The largest absolute Gasteiger partial charge is 0.433 e. The molecule has 0 bridgehead atoms. The van der Waals surface area contributed by atoms with E-state index in [1.54, 1.807) is 14.1 Å². The van der Waals surface area contributed by atoms with Gasteiger partial charge in [-0.1, -0.05) is 6.07 Å². The minimum Gasteiger partial charge on any atom is -0.363 e. The minimum absolute atomic E-state index is 0.301. The van der Waals surface area contributed by atoms with Crippen molar-refractivity contribution < 1.29 is 13.2 Å². The Bertz CT molecular complexity index is 294. The molecule has 5 heteroatoms. The standard InChI is InChI=1S/C8H9F3N2/c1-13(2)7-5-3-4-6(12-7)8(9,10)11/h3-5H,1-2H3. The van der Waals surface area contributed by atoms with Crippen LogP contribution in [-0.2, 0) is 6.18 Å². The van der Waals surface area contributed by atoms with E-state index >= 15 is 0 Å². The monoisotopic (exact) mass is 190 g/mol. The van der Waals surface area contributed by atoms with Crippen LogP contribution in [0.3, 0.4) is 0 Å². The summed E-state index contributed by atoms with van der Waals surface area (Å²) in [5, 5.41) is 0. The maximum Gasteiger partial charge on any atom is 0.433 e. The van der Waals surface area contributed by atoms with Crippen molar-refractivity contribution in [1.82, 2.24) is 4.98 Å². The fraction of sp³-hybridized carbons (Fsp3) is 0.375. The first kappa shape index (κ1) is 9.83. The SMILES string of the molecule is CN(C)c1cccc(C(F)(F)F)n1. The second-order valence-electron chi connectivity index (χ2n) is 2.77. The predicted molar refractivity (Wildman–Crippen MR) is 43.6 cm³/mol. The number of pyridine rings is 1. The Morgan fingerprint density at radius 2 is 1.85 bits per heavy atom. The maximum absolute atomic E-state index is 12.2. The summed E-state index contributed by atoms with van der Waals surface area (Å²) >= 11 is 0. The number of nitrogens with zero attached hydrogens (tertiary/aromatic N) is 2. The van der Waals surface area contributed by atoms with Crippen LogP contribution in [0.25, 0.3) is 0 Å². The lowest BCUT2D eigenvalue weighted by atomic mass is 10.3. The van der Waals surface area contributed by atoms with Crippen LogP contribution in [0.1, 0.15) is 5.69 Å². The lowest BCUT2D eigenvalue weighted by Gasteiger charge is -2.13. The summed E-state index contributed by atoms with van der Waals surface area (Å²) in [6.07, 6.45) is -4.37. The molecule has 72 valence electrons. The van der Waals surface area contributed by atoms with Crippen LogP contribution in [0.2, 0.25) is 0 Å². The van der Waals surface area contributed by atoms with Gasteiger partial charge in [0.2, 0.25) is 0 Å². The Morgan fingerprint density at radius 1 is 1.23 bits per heavy atom. The number of hydrogen-bond donors (Lipinski definition) is 0. The number of halogens is 3. The molecule has 0 aliphatic carbocycles. The summed E-state index contributed by atoms with van der Waals surface area (Å²) in [5.74, 6) is 0.301. The molecule has 0 radical (unpaired) electrons. The molecule has 0 saturated carbocycles. The zero-order valence-corrected chi connectivity index (χ0v) is 7.26. The highest BCUT2D eigenvalue weighted by molar-refractivity contribution is 5.37. The van der Waals surface area contributed by atoms with Gasteiger partial charge < -0.3 is 4.90 Å². The molecule has 2 nitrogen and oxygen atoms in total. The second kappa shape index (κ2) is 3.24. The summed E-state index contributed by atoms with van der Waals surface area (Å²) in [6.45, 7) is 0. The first-order valence-electron chi connectivity index (χ1n) is 3.63. The average molecular weight is 190 g/mol. The molecule has 1 aromatic rings. The lowest BCUT2D eigenvalue weighted by Crippen LogP contribution is -2.14. The van der Waals surface area contributed by atoms with Crippen molar-refractivity contribution in [2.24, 2.45) is 0 Å². The first-order valence-corrected chi connectivity index (χ1v) is 3.63. The van der Waals surface area contributed by atoms with Gasteiger partial charge in [-0.15, -0.1) is 0 Å². The van der Waals surface area contributed by atoms with Gasteiger partial charge in [-0.2, -0.15) is 13.2 Å². The van der Waals surface area contributed by atoms with Crippen molar-refractivity contribution in [2.45, 2.75) is 6.18 Å². The summed E-state index contributed by atoms with van der Waals surface area (Å²) < 4.78 is 36.5. The molecule has 0 spiro atoms. The smallest absolute Gasteiger partial charge is 0.363 e. The third kappa shape index (κ3) is 2.34. The molecule has 0 fully saturated rings. The second-order valence-corrected chi connectivity index (χ2v) is 2.77. The lowest BCUT2D eigenvalue weighted by molar-refractivity contribution is -0.141. The molecule has 0 unspecified atom stereocenters. The van der Waals surface area contributed by atoms with Gasteiger partial charge in [-0.25, -0.2) is 4.98 Å². The molecule has 0 amide bonds. The molecule has 1 rings (SSSR count). The molecule has 0 aliphatic heterocycles. The van der Waals surface area contributed by atoms with Crippen molar-refractivity contribution in [3.8, 4) is 0 Å². The topological polar surface area (TPSA) is 16.1 Å². The van der Waals surface area contributed by atoms with Gasteiger partial charge in [0, 0.05) is 14.1 Å². The Kier molecular flexibility index (Phi) is 2.45. The summed E-state index contributed by atoms with van der Waals surface area (Å²) in [4.78, 5) is 4.97. The normalized spacial score (nSPS) is 11.5. The van der Waals surface area contributed by atoms with Crippen LogP contribution in [0.5, 0.6) is 0 Å². The van der Waals surface area contributed by atoms with Gasteiger partial charge in [0.25, 0.3) is 0 Å². The fourth-order valence-corrected chi connectivity index (χ4v) is 0.830. The molecular weight excluding hydrogens is 181 g/mol. The van der Waals surface area contributed by atoms with E-state index in [1.807, 2.05) is 0 Å². The van der Waals surface area contributed by atoms with Gasteiger partial charge in [-0.05, 0) is 12.1 Å². The highest BCUT2D eigenvalue weighted by Gasteiger charge is 2.32. The number of hydrogen-bond acceptors (Lipinski definition) is 2. The van der Waals surface area contributed by atoms with Gasteiger partial charge in [0.05, 0.1) is 0 Å². The van der Waals surface area contributed by atoms with Crippen LogP contribution >= 0.6 is 0 Å². The summed E-state index contributed by atoms with van der Waals surface area (Å²) in [6, 6.07) is 3.81. The van der Waals surface area contributed by atoms with Crippen LogP contribution < -0.4 is 4.90 Å². The molecule has 1 heterocycles. The molecule has 0 saturated heterocycles. The third-order valence-electron chi connectivity index (χ3n) is 1.48. The molecule has 0 atom stereocenters. The maximum atomic E-state index is 12.2. The van der Waals surface area contributed by atoms with Gasteiger partial charge in [0.1, 0.15) is 11.5 Å². The van der Waals surface area contributed by atoms with E-state index in [4.69, 9.17) is 0 Å². The van der Waals surface area contributed by atoms with Crippen LogP contribution in [0.15, 0.2) is 18.2 Å². The number of aromatic nitrogens is 1. The zero-order chi connectivity index (χ0) is 10.1.